The van der Waals surface area contributed by atoms with Gasteiger partial charge in [0.1, 0.15) is 22.9 Å². The normalized spacial score (nSPS) is 13.2. The number of hydrogen-bond donors (Lipinski definition) is 2. The van der Waals surface area contributed by atoms with Crippen LogP contribution in [-0.4, -0.2) is 30.3 Å². The van der Waals surface area contributed by atoms with Gasteiger partial charge in [0.25, 0.3) is 5.91 Å². The van der Waals surface area contributed by atoms with Crippen LogP contribution in [0.4, 0.5) is 8.78 Å². The molecular formula is C18H19F2NO3. The number of halogens is 2. The number of benzene rings is 2. The molecule has 1 atom stereocenters. The lowest BCUT2D eigenvalue weighted by Gasteiger charge is -2.24. The van der Waals surface area contributed by atoms with Crippen LogP contribution in [-0.2, 0) is 6.42 Å². The smallest absolute Gasteiger partial charge is 0.257 e. The largest absolute Gasteiger partial charge is 0.497 e. The molecule has 0 radical (unpaired) electrons. The predicted octanol–water partition coefficient (Wildman–Crippen LogP) is 2.70. The molecule has 0 bridgehead atoms. The Morgan fingerprint density at radius 2 is 1.75 bits per heavy atom. The average Bonchev–Trinajstić information content (AvgIpc) is 2.53. The first kappa shape index (κ1) is 17.9. The van der Waals surface area contributed by atoms with E-state index in [2.05, 4.69) is 5.32 Å². The van der Waals surface area contributed by atoms with E-state index >= 15 is 0 Å². The van der Waals surface area contributed by atoms with Crippen molar-refractivity contribution in [1.82, 2.24) is 5.32 Å². The van der Waals surface area contributed by atoms with Crippen LogP contribution in [0, 0.1) is 11.6 Å². The van der Waals surface area contributed by atoms with E-state index in [1.807, 2.05) is 0 Å². The Hall–Kier alpha value is -2.47. The van der Waals surface area contributed by atoms with E-state index in [4.69, 9.17) is 4.74 Å². The Labute approximate surface area is 139 Å². The van der Waals surface area contributed by atoms with E-state index in [1.54, 1.807) is 31.4 Å². The number of nitrogens with one attached hydrogen (secondary N) is 1. The second-order valence-corrected chi connectivity index (χ2v) is 5.80. The third-order valence-electron chi connectivity index (χ3n) is 3.56. The molecule has 0 aliphatic rings. The lowest BCUT2D eigenvalue weighted by Crippen LogP contribution is -2.42. The molecule has 0 unspecified atom stereocenters. The number of carbonyl (C=O) groups is 1. The zero-order valence-corrected chi connectivity index (χ0v) is 13.5. The van der Waals surface area contributed by atoms with Crippen LogP contribution in [0.5, 0.6) is 5.75 Å². The average molecular weight is 335 g/mol. The van der Waals surface area contributed by atoms with E-state index < -0.39 is 28.7 Å². The standard InChI is InChI=1S/C18H19F2NO3/c1-18(23,10-12-6-8-13(24-2)9-7-12)11-21-17(22)16-14(19)4-3-5-15(16)20/h3-9,23H,10-11H2,1-2H3,(H,21,22)/t18-/m0/s1. The monoisotopic (exact) mass is 335 g/mol. The fraction of sp³-hybridized carbons (Fsp3) is 0.278. The third kappa shape index (κ3) is 4.52. The molecule has 2 aromatic carbocycles. The van der Waals surface area contributed by atoms with E-state index in [9.17, 15) is 18.7 Å². The van der Waals surface area contributed by atoms with Gasteiger partial charge in [0, 0.05) is 13.0 Å². The molecule has 0 aliphatic carbocycles. The zero-order valence-electron chi connectivity index (χ0n) is 13.5. The maximum absolute atomic E-state index is 13.6. The van der Waals surface area contributed by atoms with Gasteiger partial charge in [-0.25, -0.2) is 8.78 Å². The highest BCUT2D eigenvalue weighted by atomic mass is 19.1. The van der Waals surface area contributed by atoms with Crippen molar-refractivity contribution in [3.05, 3.63) is 65.2 Å². The number of amides is 1. The highest BCUT2D eigenvalue weighted by molar-refractivity contribution is 5.94. The highest BCUT2D eigenvalue weighted by Crippen LogP contribution is 2.17. The molecule has 24 heavy (non-hydrogen) atoms. The van der Waals surface area contributed by atoms with E-state index in [0.717, 1.165) is 17.7 Å². The second-order valence-electron chi connectivity index (χ2n) is 5.80. The van der Waals surface area contributed by atoms with Gasteiger partial charge in [-0.05, 0) is 36.8 Å². The van der Waals surface area contributed by atoms with E-state index in [0.29, 0.717) is 5.75 Å². The Kier molecular flexibility index (Phi) is 5.51. The quantitative estimate of drug-likeness (QED) is 0.853. The SMILES string of the molecule is COc1ccc(C[C@](C)(O)CNC(=O)c2c(F)cccc2F)cc1. The van der Waals surface area contributed by atoms with Gasteiger partial charge in [-0.2, -0.15) is 0 Å². The van der Waals surface area contributed by atoms with Gasteiger partial charge < -0.3 is 15.2 Å². The molecule has 0 aliphatic heterocycles. The highest BCUT2D eigenvalue weighted by Gasteiger charge is 2.24. The van der Waals surface area contributed by atoms with Gasteiger partial charge in [0.05, 0.1) is 12.7 Å². The summed E-state index contributed by atoms with van der Waals surface area (Å²) in [4.78, 5) is 12.0. The molecule has 2 rings (SSSR count). The fourth-order valence-corrected chi connectivity index (χ4v) is 2.32. The van der Waals surface area contributed by atoms with Crippen molar-refractivity contribution in [3.8, 4) is 5.75 Å². The molecular weight excluding hydrogens is 316 g/mol. The molecule has 2 aromatic rings. The number of rotatable bonds is 6. The summed E-state index contributed by atoms with van der Waals surface area (Å²) < 4.78 is 32.2. The van der Waals surface area contributed by atoms with E-state index in [-0.39, 0.29) is 13.0 Å². The Balaban J connectivity index is 1.99. The van der Waals surface area contributed by atoms with E-state index in [1.165, 1.54) is 13.0 Å². The van der Waals surface area contributed by atoms with Crippen molar-refractivity contribution >= 4 is 5.91 Å². The van der Waals surface area contributed by atoms with Crippen LogP contribution < -0.4 is 10.1 Å². The number of ether oxygens (including phenoxy) is 1. The summed E-state index contributed by atoms with van der Waals surface area (Å²) in [5.41, 5.74) is -1.09. The van der Waals surface area contributed by atoms with Gasteiger partial charge in [-0.1, -0.05) is 18.2 Å². The van der Waals surface area contributed by atoms with Gasteiger partial charge in [-0.15, -0.1) is 0 Å². The van der Waals surface area contributed by atoms with Gasteiger partial charge in [0.2, 0.25) is 0 Å². The van der Waals surface area contributed by atoms with Crippen LogP contribution in [0.15, 0.2) is 42.5 Å². The predicted molar refractivity (Wildman–Crippen MR) is 86.0 cm³/mol. The number of carbonyl (C=O) groups excluding carboxylic acids is 1. The minimum Gasteiger partial charge on any atom is -0.497 e. The Morgan fingerprint density at radius 3 is 2.29 bits per heavy atom. The van der Waals surface area contributed by atoms with Crippen molar-refractivity contribution < 1.29 is 23.4 Å². The fourth-order valence-electron chi connectivity index (χ4n) is 2.32. The summed E-state index contributed by atoms with van der Waals surface area (Å²) in [6.07, 6.45) is 0.261. The van der Waals surface area contributed by atoms with Crippen LogP contribution in [0.3, 0.4) is 0 Å². The maximum Gasteiger partial charge on any atom is 0.257 e. The molecule has 2 N–H and O–H groups in total. The molecule has 0 aromatic heterocycles. The van der Waals surface area contributed by atoms with Gasteiger partial charge in [-0.3, -0.25) is 4.79 Å². The minimum atomic E-state index is -1.27. The first-order valence-electron chi connectivity index (χ1n) is 7.40. The minimum absolute atomic E-state index is 0.147. The van der Waals surface area contributed by atoms with Crippen molar-refractivity contribution in [2.24, 2.45) is 0 Å². The summed E-state index contributed by atoms with van der Waals surface area (Å²) in [6.45, 7) is 1.39. The van der Waals surface area contributed by atoms with Crippen LogP contribution in [0.1, 0.15) is 22.8 Å². The molecule has 0 saturated carbocycles. The number of methoxy groups -OCH3 is 1. The van der Waals surface area contributed by atoms with Gasteiger partial charge >= 0.3 is 0 Å². The topological polar surface area (TPSA) is 58.6 Å². The second kappa shape index (κ2) is 7.40. The van der Waals surface area contributed by atoms with Crippen molar-refractivity contribution in [2.45, 2.75) is 18.9 Å². The van der Waals surface area contributed by atoms with Crippen molar-refractivity contribution in [3.63, 3.8) is 0 Å². The third-order valence-corrected chi connectivity index (χ3v) is 3.56. The first-order chi connectivity index (χ1) is 11.3. The van der Waals surface area contributed by atoms with Crippen LogP contribution in [0.25, 0.3) is 0 Å². The molecule has 6 heteroatoms. The summed E-state index contributed by atoms with van der Waals surface area (Å²) in [5.74, 6) is -2.09. The Morgan fingerprint density at radius 1 is 1.17 bits per heavy atom. The zero-order chi connectivity index (χ0) is 17.7. The molecule has 1 amide bonds. The molecule has 128 valence electrons. The van der Waals surface area contributed by atoms with Crippen molar-refractivity contribution in [1.29, 1.82) is 0 Å². The number of aliphatic hydroxyl groups is 1. The van der Waals surface area contributed by atoms with Crippen LogP contribution >= 0.6 is 0 Å². The van der Waals surface area contributed by atoms with Crippen molar-refractivity contribution in [2.75, 3.05) is 13.7 Å². The molecule has 0 saturated heterocycles. The van der Waals surface area contributed by atoms with Gasteiger partial charge in [0.15, 0.2) is 0 Å². The molecule has 0 fully saturated rings. The molecule has 4 nitrogen and oxygen atoms in total. The summed E-state index contributed by atoms with van der Waals surface area (Å²) >= 11 is 0. The van der Waals surface area contributed by atoms with Crippen LogP contribution in [0.2, 0.25) is 0 Å². The lowest BCUT2D eigenvalue weighted by molar-refractivity contribution is 0.0550. The molecule has 0 heterocycles. The summed E-state index contributed by atoms with van der Waals surface area (Å²) in [5, 5.41) is 12.8. The first-order valence-corrected chi connectivity index (χ1v) is 7.40. The lowest BCUT2D eigenvalue weighted by atomic mass is 9.96. The number of hydrogen-bond acceptors (Lipinski definition) is 3. The Bertz CT molecular complexity index is 694. The maximum atomic E-state index is 13.6. The molecule has 0 spiro atoms. The summed E-state index contributed by atoms with van der Waals surface area (Å²) in [6, 6.07) is 10.3. The summed E-state index contributed by atoms with van der Waals surface area (Å²) in [7, 11) is 1.56.